The van der Waals surface area contributed by atoms with Gasteiger partial charge in [-0.1, -0.05) is 30.3 Å². The Morgan fingerprint density at radius 1 is 1.13 bits per heavy atom. The van der Waals surface area contributed by atoms with Gasteiger partial charge in [0.15, 0.2) is 23.1 Å². The molecule has 0 aliphatic heterocycles. The van der Waals surface area contributed by atoms with Crippen LogP contribution in [0, 0.1) is 6.92 Å². The second kappa shape index (κ2) is 6.69. The fraction of sp³-hybridized carbons (Fsp3) is 0.150. The largest absolute Gasteiger partial charge is 0.467 e. The van der Waals surface area contributed by atoms with Crippen molar-refractivity contribution in [3.8, 4) is 11.6 Å². The van der Waals surface area contributed by atoms with E-state index >= 15 is 0 Å². The molecule has 10 nitrogen and oxygen atoms in total. The molecular weight excluding hydrogens is 386 g/mol. The highest BCUT2D eigenvalue weighted by Crippen LogP contribution is 2.28. The molecule has 5 rings (SSSR count). The van der Waals surface area contributed by atoms with Gasteiger partial charge in [-0.05, 0) is 24.6 Å². The lowest BCUT2D eigenvalue weighted by molar-refractivity contribution is -0.143. The zero-order valence-electron chi connectivity index (χ0n) is 16.2. The van der Waals surface area contributed by atoms with E-state index in [1.54, 1.807) is 12.3 Å². The molecule has 1 atom stereocenters. The Balaban J connectivity index is 1.73. The number of anilines is 1. The molecule has 2 N–H and O–H groups in total. The van der Waals surface area contributed by atoms with Crippen molar-refractivity contribution in [2.45, 2.75) is 13.0 Å². The predicted octanol–water partition coefficient (Wildman–Crippen LogP) is 2.39. The zero-order valence-corrected chi connectivity index (χ0v) is 16.2. The summed E-state index contributed by atoms with van der Waals surface area (Å²) in [5.74, 6) is 1.28. The normalized spacial score (nSPS) is 12.5. The molecule has 0 saturated carbocycles. The Kier molecular flexibility index (Phi) is 3.98. The first-order valence-electron chi connectivity index (χ1n) is 9.16. The van der Waals surface area contributed by atoms with Gasteiger partial charge in [0.25, 0.3) is 0 Å². The summed E-state index contributed by atoms with van der Waals surface area (Å²) in [5, 5.41) is 9.41. The summed E-state index contributed by atoms with van der Waals surface area (Å²) in [7, 11) is 1.33. The first kappa shape index (κ1) is 17.9. The maximum atomic E-state index is 12.6. The molecule has 5 aromatic rings. The van der Waals surface area contributed by atoms with Crippen LogP contribution in [-0.2, 0) is 9.53 Å². The molecule has 4 aromatic heterocycles. The minimum absolute atomic E-state index is 0.109. The number of aromatic nitrogens is 6. The van der Waals surface area contributed by atoms with Gasteiger partial charge >= 0.3 is 5.97 Å². The SMILES string of the molecule is COC(=O)C(c1ccccc1)n1ncc2c1nc(N)n1nc(-c3ccc(C)o3)nc21. The van der Waals surface area contributed by atoms with Gasteiger partial charge in [-0.25, -0.2) is 14.5 Å². The number of hydrogen-bond acceptors (Lipinski definition) is 8. The molecule has 10 heteroatoms. The number of rotatable bonds is 4. The van der Waals surface area contributed by atoms with Crippen molar-refractivity contribution >= 4 is 28.6 Å². The number of fused-ring (bicyclic) bond motifs is 3. The van der Waals surface area contributed by atoms with Gasteiger partial charge in [-0.15, -0.1) is 5.10 Å². The van der Waals surface area contributed by atoms with E-state index in [9.17, 15) is 4.79 Å². The van der Waals surface area contributed by atoms with Crippen LogP contribution in [0.4, 0.5) is 5.95 Å². The fourth-order valence-corrected chi connectivity index (χ4v) is 3.40. The van der Waals surface area contributed by atoms with E-state index in [1.165, 1.54) is 16.3 Å². The van der Waals surface area contributed by atoms with Crippen LogP contribution in [0.25, 0.3) is 28.3 Å². The van der Waals surface area contributed by atoms with Crippen LogP contribution in [-0.4, -0.2) is 42.4 Å². The molecule has 150 valence electrons. The molecular formula is C20H17N7O3. The summed E-state index contributed by atoms with van der Waals surface area (Å²) < 4.78 is 13.5. The standard InChI is InChI=1S/C20H17N7O3/c1-11-8-9-14(30-11)16-23-17-13-10-22-26(18(13)24-20(21)27(17)25-16)15(19(28)29-2)12-6-4-3-5-7-12/h3-10,15H,1-2H3,(H2,21,24). The maximum Gasteiger partial charge on any atom is 0.335 e. The summed E-state index contributed by atoms with van der Waals surface area (Å²) in [6.45, 7) is 1.84. The number of carbonyl (C=O) groups excluding carboxylic acids is 1. The Morgan fingerprint density at radius 3 is 2.63 bits per heavy atom. The smallest absolute Gasteiger partial charge is 0.335 e. The van der Waals surface area contributed by atoms with Gasteiger partial charge in [0.1, 0.15) is 5.76 Å². The first-order chi connectivity index (χ1) is 14.6. The number of methoxy groups -OCH3 is 1. The number of aryl methyl sites for hydroxylation is 1. The van der Waals surface area contributed by atoms with Crippen molar-refractivity contribution in [3.63, 3.8) is 0 Å². The van der Waals surface area contributed by atoms with E-state index in [0.717, 1.165) is 5.76 Å². The molecule has 0 spiro atoms. The molecule has 0 amide bonds. The van der Waals surface area contributed by atoms with Gasteiger partial charge in [0.2, 0.25) is 11.8 Å². The number of furan rings is 1. The van der Waals surface area contributed by atoms with Crippen molar-refractivity contribution in [3.05, 3.63) is 60.0 Å². The van der Waals surface area contributed by atoms with Gasteiger partial charge in [0, 0.05) is 0 Å². The third kappa shape index (κ3) is 2.69. The van der Waals surface area contributed by atoms with E-state index in [4.69, 9.17) is 14.9 Å². The van der Waals surface area contributed by atoms with Crippen molar-refractivity contribution in [1.29, 1.82) is 0 Å². The highest BCUT2D eigenvalue weighted by molar-refractivity contribution is 5.92. The summed E-state index contributed by atoms with van der Waals surface area (Å²) in [5.41, 5.74) is 7.73. The minimum atomic E-state index is -0.821. The Morgan fingerprint density at radius 2 is 1.93 bits per heavy atom. The number of carbonyl (C=O) groups is 1. The third-order valence-corrected chi connectivity index (χ3v) is 4.80. The molecule has 0 aliphatic carbocycles. The lowest BCUT2D eigenvalue weighted by atomic mass is 10.1. The zero-order chi connectivity index (χ0) is 20.8. The molecule has 1 aromatic carbocycles. The van der Waals surface area contributed by atoms with Gasteiger partial charge in [0.05, 0.1) is 18.7 Å². The van der Waals surface area contributed by atoms with Crippen LogP contribution in [0.1, 0.15) is 17.4 Å². The van der Waals surface area contributed by atoms with Crippen LogP contribution < -0.4 is 5.73 Å². The molecule has 0 bridgehead atoms. The molecule has 1 unspecified atom stereocenters. The summed E-state index contributed by atoms with van der Waals surface area (Å²) >= 11 is 0. The number of hydrogen-bond donors (Lipinski definition) is 1. The second-order valence-electron chi connectivity index (χ2n) is 6.71. The van der Waals surface area contributed by atoms with Crippen molar-refractivity contribution in [1.82, 2.24) is 29.4 Å². The van der Waals surface area contributed by atoms with Crippen molar-refractivity contribution < 1.29 is 13.9 Å². The quantitative estimate of drug-likeness (QED) is 0.453. The number of ether oxygens (including phenoxy) is 1. The summed E-state index contributed by atoms with van der Waals surface area (Å²) in [4.78, 5) is 21.6. The first-order valence-corrected chi connectivity index (χ1v) is 9.16. The van der Waals surface area contributed by atoms with Crippen LogP contribution in [0.15, 0.2) is 53.1 Å². The lowest BCUT2D eigenvalue weighted by Crippen LogP contribution is -2.23. The number of nitrogens with two attached hydrogens (primary N) is 1. The molecule has 4 heterocycles. The Bertz CT molecular complexity index is 1380. The molecule has 0 aliphatic rings. The maximum absolute atomic E-state index is 12.6. The van der Waals surface area contributed by atoms with E-state index < -0.39 is 12.0 Å². The van der Waals surface area contributed by atoms with E-state index in [1.807, 2.05) is 43.3 Å². The fourth-order valence-electron chi connectivity index (χ4n) is 3.40. The number of esters is 1. The summed E-state index contributed by atoms with van der Waals surface area (Å²) in [6, 6.07) is 12.0. The lowest BCUT2D eigenvalue weighted by Gasteiger charge is -2.16. The average molecular weight is 403 g/mol. The highest BCUT2D eigenvalue weighted by atomic mass is 16.5. The monoisotopic (exact) mass is 403 g/mol. The van der Waals surface area contributed by atoms with Crippen LogP contribution in [0.5, 0.6) is 0 Å². The molecule has 30 heavy (non-hydrogen) atoms. The molecule has 0 radical (unpaired) electrons. The highest BCUT2D eigenvalue weighted by Gasteiger charge is 2.28. The van der Waals surface area contributed by atoms with Crippen molar-refractivity contribution in [2.75, 3.05) is 12.8 Å². The van der Waals surface area contributed by atoms with Gasteiger partial charge in [-0.3, -0.25) is 0 Å². The van der Waals surface area contributed by atoms with E-state index in [2.05, 4.69) is 20.2 Å². The summed E-state index contributed by atoms with van der Waals surface area (Å²) in [6.07, 6.45) is 1.59. The number of nitrogens with zero attached hydrogens (tertiary/aromatic N) is 6. The second-order valence-corrected chi connectivity index (χ2v) is 6.71. The number of nitrogen functional groups attached to an aromatic ring is 1. The topological polar surface area (TPSA) is 126 Å². The average Bonchev–Trinajstić information content (AvgIpc) is 3.47. The predicted molar refractivity (Wildman–Crippen MR) is 108 cm³/mol. The minimum Gasteiger partial charge on any atom is -0.467 e. The third-order valence-electron chi connectivity index (χ3n) is 4.80. The molecule has 0 saturated heterocycles. The van der Waals surface area contributed by atoms with E-state index in [-0.39, 0.29) is 5.95 Å². The van der Waals surface area contributed by atoms with Crippen molar-refractivity contribution in [2.24, 2.45) is 0 Å². The Hall–Kier alpha value is -4.21. The Labute approximate surface area is 169 Å². The van der Waals surface area contributed by atoms with Gasteiger partial charge < -0.3 is 14.9 Å². The van der Waals surface area contributed by atoms with Crippen LogP contribution in [0.3, 0.4) is 0 Å². The molecule has 0 fully saturated rings. The van der Waals surface area contributed by atoms with Crippen LogP contribution >= 0.6 is 0 Å². The van der Waals surface area contributed by atoms with E-state index in [0.29, 0.717) is 33.8 Å². The van der Waals surface area contributed by atoms with Crippen LogP contribution in [0.2, 0.25) is 0 Å². The number of benzene rings is 1. The van der Waals surface area contributed by atoms with Gasteiger partial charge in [-0.2, -0.15) is 14.6 Å².